The highest BCUT2D eigenvalue weighted by molar-refractivity contribution is 6.00. The number of amides is 2. The molecule has 0 saturated carbocycles. The normalized spacial score (nSPS) is 16.0. The molecule has 0 spiro atoms. The number of hydrogen-bond acceptors (Lipinski definition) is 4. The largest absolute Gasteiger partial charge is 0.455 e. The second-order valence-electron chi connectivity index (χ2n) is 7.01. The molecule has 0 bridgehead atoms. The van der Waals surface area contributed by atoms with E-state index in [2.05, 4.69) is 5.32 Å². The number of halogens is 1. The summed E-state index contributed by atoms with van der Waals surface area (Å²) in [6.07, 6.45) is 0.816. The van der Waals surface area contributed by atoms with Crippen molar-refractivity contribution in [3.05, 3.63) is 59.4 Å². The molecule has 29 heavy (non-hydrogen) atoms. The van der Waals surface area contributed by atoms with E-state index < -0.39 is 30.2 Å². The lowest BCUT2D eigenvalue weighted by molar-refractivity contribution is -0.151. The summed E-state index contributed by atoms with van der Waals surface area (Å²) in [5.41, 5.74) is 2.58. The van der Waals surface area contributed by atoms with Gasteiger partial charge in [0.25, 0.3) is 5.91 Å². The third kappa shape index (κ3) is 4.80. The number of anilines is 2. The summed E-state index contributed by atoms with van der Waals surface area (Å²) in [5, 5.41) is 2.48. The molecule has 1 aliphatic heterocycles. The van der Waals surface area contributed by atoms with Gasteiger partial charge in [-0.25, -0.2) is 4.39 Å². The zero-order chi connectivity index (χ0) is 21.0. The summed E-state index contributed by atoms with van der Waals surface area (Å²) >= 11 is 0. The van der Waals surface area contributed by atoms with E-state index in [1.807, 2.05) is 31.2 Å². The van der Waals surface area contributed by atoms with Gasteiger partial charge in [-0.05, 0) is 42.7 Å². The van der Waals surface area contributed by atoms with Crippen LogP contribution >= 0.6 is 0 Å². The number of hydrogen-bond donors (Lipinski definition) is 1. The molecule has 3 rings (SSSR count). The van der Waals surface area contributed by atoms with Crippen molar-refractivity contribution in [3.8, 4) is 0 Å². The summed E-state index contributed by atoms with van der Waals surface area (Å²) in [6.45, 7) is 3.35. The number of nitrogens with zero attached hydrogens (tertiary/aromatic N) is 1. The SMILES string of the molecule is CCc1ccccc1N1C[C@@H](C(=O)OCC(=O)Nc2ccc(C)c(F)c2)CC1=O. The van der Waals surface area contributed by atoms with Gasteiger partial charge in [0.2, 0.25) is 5.91 Å². The minimum Gasteiger partial charge on any atom is -0.455 e. The Hall–Kier alpha value is -3.22. The molecule has 0 aromatic heterocycles. The summed E-state index contributed by atoms with van der Waals surface area (Å²) in [6, 6.07) is 11.9. The van der Waals surface area contributed by atoms with Crippen LogP contribution in [0.4, 0.5) is 15.8 Å². The first-order valence-corrected chi connectivity index (χ1v) is 9.50. The van der Waals surface area contributed by atoms with Crippen LogP contribution in [0.25, 0.3) is 0 Å². The molecule has 2 aromatic rings. The molecular weight excluding hydrogens is 375 g/mol. The van der Waals surface area contributed by atoms with Crippen LogP contribution in [0.5, 0.6) is 0 Å². The number of carbonyl (C=O) groups excluding carboxylic acids is 3. The van der Waals surface area contributed by atoms with Crippen molar-refractivity contribution in [1.82, 2.24) is 0 Å². The van der Waals surface area contributed by atoms with Crippen molar-refractivity contribution in [3.63, 3.8) is 0 Å². The predicted molar refractivity (Wildman–Crippen MR) is 107 cm³/mol. The number of carbonyl (C=O) groups is 3. The topological polar surface area (TPSA) is 75.7 Å². The van der Waals surface area contributed by atoms with Crippen LogP contribution in [0.2, 0.25) is 0 Å². The third-order valence-electron chi connectivity index (χ3n) is 4.92. The van der Waals surface area contributed by atoms with Crippen LogP contribution in [0.3, 0.4) is 0 Å². The number of ether oxygens (including phenoxy) is 1. The first-order valence-electron chi connectivity index (χ1n) is 9.50. The van der Waals surface area contributed by atoms with Gasteiger partial charge in [0.05, 0.1) is 5.92 Å². The molecule has 1 fully saturated rings. The second kappa shape index (κ2) is 8.86. The summed E-state index contributed by atoms with van der Waals surface area (Å²) in [4.78, 5) is 38.3. The molecule has 152 valence electrons. The van der Waals surface area contributed by atoms with Crippen molar-refractivity contribution in [2.45, 2.75) is 26.7 Å². The Morgan fingerprint density at radius 3 is 2.72 bits per heavy atom. The van der Waals surface area contributed by atoms with Gasteiger partial charge < -0.3 is 15.0 Å². The van der Waals surface area contributed by atoms with Crippen molar-refractivity contribution in [2.24, 2.45) is 5.92 Å². The van der Waals surface area contributed by atoms with E-state index in [1.54, 1.807) is 24.0 Å². The highest BCUT2D eigenvalue weighted by Crippen LogP contribution is 2.29. The van der Waals surface area contributed by atoms with E-state index in [9.17, 15) is 18.8 Å². The summed E-state index contributed by atoms with van der Waals surface area (Å²) < 4.78 is 18.6. The third-order valence-corrected chi connectivity index (χ3v) is 4.92. The Morgan fingerprint density at radius 1 is 1.24 bits per heavy atom. The number of nitrogens with one attached hydrogen (secondary N) is 1. The van der Waals surface area contributed by atoms with Gasteiger partial charge in [-0.15, -0.1) is 0 Å². The number of benzene rings is 2. The first kappa shape index (κ1) is 20.5. The molecule has 2 amide bonds. The van der Waals surface area contributed by atoms with Crippen LogP contribution in [0.15, 0.2) is 42.5 Å². The van der Waals surface area contributed by atoms with Crippen LogP contribution in [-0.2, 0) is 25.5 Å². The fourth-order valence-electron chi connectivity index (χ4n) is 3.29. The van der Waals surface area contributed by atoms with Gasteiger partial charge in [-0.3, -0.25) is 14.4 Å². The average Bonchev–Trinajstić information content (AvgIpc) is 3.10. The minimum atomic E-state index is -0.628. The van der Waals surface area contributed by atoms with Crippen molar-refractivity contribution >= 4 is 29.2 Å². The smallest absolute Gasteiger partial charge is 0.311 e. The molecule has 1 heterocycles. The maximum Gasteiger partial charge on any atom is 0.311 e. The van der Waals surface area contributed by atoms with Gasteiger partial charge >= 0.3 is 5.97 Å². The monoisotopic (exact) mass is 398 g/mol. The highest BCUT2D eigenvalue weighted by Gasteiger charge is 2.37. The Labute approximate surface area is 168 Å². The minimum absolute atomic E-state index is 0.0433. The Bertz CT molecular complexity index is 944. The molecule has 1 aliphatic rings. The quantitative estimate of drug-likeness (QED) is 0.758. The highest BCUT2D eigenvalue weighted by atomic mass is 19.1. The van der Waals surface area contributed by atoms with Gasteiger partial charge in [-0.2, -0.15) is 0 Å². The Kier molecular flexibility index (Phi) is 6.26. The van der Waals surface area contributed by atoms with E-state index in [0.717, 1.165) is 17.7 Å². The van der Waals surface area contributed by atoms with E-state index in [1.165, 1.54) is 6.07 Å². The summed E-state index contributed by atoms with van der Waals surface area (Å²) in [5.74, 6) is -2.37. The molecule has 1 saturated heterocycles. The molecule has 7 heteroatoms. The van der Waals surface area contributed by atoms with Crippen molar-refractivity contribution in [2.75, 3.05) is 23.4 Å². The van der Waals surface area contributed by atoms with Crippen LogP contribution in [0.1, 0.15) is 24.5 Å². The lowest BCUT2D eigenvalue weighted by Crippen LogP contribution is -2.28. The molecule has 0 unspecified atom stereocenters. The number of esters is 1. The van der Waals surface area contributed by atoms with Gasteiger partial charge in [0, 0.05) is 24.3 Å². The molecule has 1 N–H and O–H groups in total. The molecule has 0 radical (unpaired) electrons. The number of para-hydroxylation sites is 1. The van der Waals surface area contributed by atoms with Gasteiger partial charge in [0.15, 0.2) is 6.61 Å². The van der Waals surface area contributed by atoms with Gasteiger partial charge in [0.1, 0.15) is 5.82 Å². The average molecular weight is 398 g/mol. The maximum atomic E-state index is 13.5. The Balaban J connectivity index is 1.55. The molecular formula is C22H23FN2O4. The zero-order valence-electron chi connectivity index (χ0n) is 16.4. The predicted octanol–water partition coefficient (Wildman–Crippen LogP) is 3.23. The summed E-state index contributed by atoms with van der Waals surface area (Å²) in [7, 11) is 0. The number of aryl methyl sites for hydroxylation is 2. The second-order valence-corrected chi connectivity index (χ2v) is 7.01. The fraction of sp³-hybridized carbons (Fsp3) is 0.318. The molecule has 2 aromatic carbocycles. The molecule has 1 atom stereocenters. The first-order chi connectivity index (χ1) is 13.9. The number of rotatable bonds is 6. The van der Waals surface area contributed by atoms with Crippen LogP contribution < -0.4 is 10.2 Å². The van der Waals surface area contributed by atoms with Crippen LogP contribution in [0, 0.1) is 18.7 Å². The van der Waals surface area contributed by atoms with E-state index >= 15 is 0 Å². The fourth-order valence-corrected chi connectivity index (χ4v) is 3.29. The maximum absolute atomic E-state index is 13.5. The van der Waals surface area contributed by atoms with Gasteiger partial charge in [-0.1, -0.05) is 31.2 Å². The zero-order valence-corrected chi connectivity index (χ0v) is 16.4. The standard InChI is InChI=1S/C22H23FN2O4/c1-3-15-6-4-5-7-19(15)25-12-16(10-21(25)27)22(28)29-13-20(26)24-17-9-8-14(2)18(23)11-17/h4-9,11,16H,3,10,12-13H2,1-2H3,(H,24,26)/t16-/m0/s1. The lowest BCUT2D eigenvalue weighted by Gasteiger charge is -2.19. The Morgan fingerprint density at radius 2 is 2.00 bits per heavy atom. The lowest BCUT2D eigenvalue weighted by atomic mass is 10.1. The van der Waals surface area contributed by atoms with E-state index in [0.29, 0.717) is 5.56 Å². The molecule has 0 aliphatic carbocycles. The van der Waals surface area contributed by atoms with Crippen molar-refractivity contribution in [1.29, 1.82) is 0 Å². The van der Waals surface area contributed by atoms with Crippen molar-refractivity contribution < 1.29 is 23.5 Å². The van der Waals surface area contributed by atoms with E-state index in [-0.39, 0.29) is 24.6 Å². The molecule has 6 nitrogen and oxygen atoms in total. The van der Waals surface area contributed by atoms with Crippen LogP contribution in [-0.4, -0.2) is 30.9 Å². The van der Waals surface area contributed by atoms with E-state index in [4.69, 9.17) is 4.74 Å².